The van der Waals surface area contributed by atoms with E-state index in [2.05, 4.69) is 53.9 Å². The number of amides is 2. The van der Waals surface area contributed by atoms with Gasteiger partial charge in [0.2, 0.25) is 5.95 Å². The van der Waals surface area contributed by atoms with Crippen LogP contribution in [0.5, 0.6) is 0 Å². The number of nitrogens with two attached hydrogens (primary N) is 1. The largest absolute Gasteiger partial charge is 0.368 e. The van der Waals surface area contributed by atoms with Gasteiger partial charge in [-0.05, 0) is 26.1 Å². The summed E-state index contributed by atoms with van der Waals surface area (Å²) in [7, 11) is 2.13. The van der Waals surface area contributed by atoms with E-state index in [1.165, 1.54) is 11.3 Å². The van der Waals surface area contributed by atoms with Gasteiger partial charge in [0.05, 0.1) is 17.4 Å². The number of anilines is 4. The van der Waals surface area contributed by atoms with E-state index in [0.717, 1.165) is 48.2 Å². The minimum Gasteiger partial charge on any atom is -0.368 e. The number of carbonyl (C=O) groups excluding carboxylic acids is 1. The summed E-state index contributed by atoms with van der Waals surface area (Å²) < 4.78 is 0. The Hall–Kier alpha value is -3.25. The Balaban J connectivity index is 1.21. The number of hydrogen-bond acceptors (Lipinski definition) is 10. The SMILES string of the molecule is CC1CN(C(=O)Nc2ccc(N3CCN(C)CC3)nc2)CCN1c1nc(N)nc2scnc12. The van der Waals surface area contributed by atoms with Gasteiger partial charge in [-0.25, -0.2) is 19.7 Å². The maximum Gasteiger partial charge on any atom is 0.322 e. The van der Waals surface area contributed by atoms with Gasteiger partial charge in [0.15, 0.2) is 10.6 Å². The van der Waals surface area contributed by atoms with Crippen LogP contribution >= 0.6 is 11.3 Å². The fourth-order valence-corrected chi connectivity index (χ4v) is 4.97. The third-order valence-corrected chi connectivity index (χ3v) is 6.93. The minimum atomic E-state index is -0.128. The number of aromatic nitrogens is 4. The van der Waals surface area contributed by atoms with Crippen molar-refractivity contribution < 1.29 is 4.79 Å². The predicted molar refractivity (Wildman–Crippen MR) is 131 cm³/mol. The van der Waals surface area contributed by atoms with E-state index in [9.17, 15) is 4.79 Å². The van der Waals surface area contributed by atoms with Gasteiger partial charge >= 0.3 is 6.03 Å². The lowest BCUT2D eigenvalue weighted by Crippen LogP contribution is -2.55. The van der Waals surface area contributed by atoms with Crippen molar-refractivity contribution in [1.82, 2.24) is 29.7 Å². The lowest BCUT2D eigenvalue weighted by molar-refractivity contribution is 0.200. The highest BCUT2D eigenvalue weighted by Crippen LogP contribution is 2.29. The molecule has 0 saturated carbocycles. The van der Waals surface area contributed by atoms with Crippen LogP contribution in [0.4, 0.5) is 28.1 Å². The Morgan fingerprint density at radius 3 is 2.67 bits per heavy atom. The number of likely N-dealkylation sites (N-methyl/N-ethyl adjacent to an activating group) is 1. The van der Waals surface area contributed by atoms with Crippen LogP contribution in [-0.2, 0) is 0 Å². The lowest BCUT2D eigenvalue weighted by Gasteiger charge is -2.40. The number of thiazole rings is 1. The molecule has 3 aromatic rings. The molecule has 1 unspecified atom stereocenters. The van der Waals surface area contributed by atoms with Gasteiger partial charge in [0.1, 0.15) is 11.3 Å². The highest BCUT2D eigenvalue weighted by Gasteiger charge is 2.29. The Bertz CT molecular complexity index is 1130. The van der Waals surface area contributed by atoms with E-state index in [0.29, 0.717) is 25.3 Å². The molecule has 11 nitrogen and oxygen atoms in total. The molecule has 1 atom stereocenters. The van der Waals surface area contributed by atoms with Gasteiger partial charge in [-0.1, -0.05) is 0 Å². The Labute approximate surface area is 196 Å². The van der Waals surface area contributed by atoms with Crippen molar-refractivity contribution in [1.29, 1.82) is 0 Å². The summed E-state index contributed by atoms with van der Waals surface area (Å²) in [6.07, 6.45) is 1.73. The molecule has 2 aliphatic heterocycles. The molecule has 0 aromatic carbocycles. The Kier molecular flexibility index (Phi) is 5.85. The molecule has 0 radical (unpaired) electrons. The van der Waals surface area contributed by atoms with Crippen LogP contribution in [0.3, 0.4) is 0 Å². The lowest BCUT2D eigenvalue weighted by atomic mass is 10.2. The monoisotopic (exact) mass is 468 g/mol. The number of rotatable bonds is 3. The smallest absolute Gasteiger partial charge is 0.322 e. The molecule has 12 heteroatoms. The molecular formula is C21H28N10OS. The van der Waals surface area contributed by atoms with Crippen molar-refractivity contribution in [3.05, 3.63) is 23.8 Å². The van der Waals surface area contributed by atoms with E-state index in [-0.39, 0.29) is 18.0 Å². The number of pyridine rings is 1. The molecule has 3 aromatic heterocycles. The number of fused-ring (bicyclic) bond motifs is 1. The first-order chi connectivity index (χ1) is 16.0. The fourth-order valence-electron chi connectivity index (χ4n) is 4.31. The molecule has 5 heterocycles. The zero-order valence-electron chi connectivity index (χ0n) is 18.8. The van der Waals surface area contributed by atoms with E-state index < -0.39 is 0 Å². The molecule has 0 bridgehead atoms. The maximum absolute atomic E-state index is 12.9. The number of nitrogen functional groups attached to an aromatic ring is 1. The van der Waals surface area contributed by atoms with Gasteiger partial charge in [0.25, 0.3) is 0 Å². The number of carbonyl (C=O) groups is 1. The van der Waals surface area contributed by atoms with Crippen molar-refractivity contribution in [2.24, 2.45) is 0 Å². The van der Waals surface area contributed by atoms with E-state index in [4.69, 9.17) is 5.73 Å². The van der Waals surface area contributed by atoms with Crippen LogP contribution in [0.2, 0.25) is 0 Å². The first-order valence-corrected chi connectivity index (χ1v) is 11.9. The quantitative estimate of drug-likeness (QED) is 0.590. The highest BCUT2D eigenvalue weighted by atomic mass is 32.1. The maximum atomic E-state index is 12.9. The summed E-state index contributed by atoms with van der Waals surface area (Å²) in [6.45, 7) is 7.82. The van der Waals surface area contributed by atoms with Crippen LogP contribution in [0.25, 0.3) is 10.3 Å². The van der Waals surface area contributed by atoms with Gasteiger partial charge in [0, 0.05) is 51.9 Å². The number of hydrogen-bond donors (Lipinski definition) is 2. The van der Waals surface area contributed by atoms with Gasteiger partial charge in [-0.15, -0.1) is 11.3 Å². The van der Waals surface area contributed by atoms with Crippen LogP contribution in [0.1, 0.15) is 6.92 Å². The van der Waals surface area contributed by atoms with Crippen LogP contribution < -0.4 is 20.9 Å². The molecule has 3 N–H and O–H groups in total. The van der Waals surface area contributed by atoms with Gasteiger partial charge < -0.3 is 30.7 Å². The van der Waals surface area contributed by atoms with Crippen LogP contribution in [0.15, 0.2) is 23.8 Å². The molecule has 33 heavy (non-hydrogen) atoms. The molecule has 2 amide bonds. The summed E-state index contributed by atoms with van der Waals surface area (Å²) >= 11 is 1.44. The van der Waals surface area contributed by atoms with Crippen molar-refractivity contribution in [3.63, 3.8) is 0 Å². The average molecular weight is 469 g/mol. The van der Waals surface area contributed by atoms with Gasteiger partial charge in [-0.3, -0.25) is 0 Å². The molecule has 0 aliphatic carbocycles. The number of nitrogens with zero attached hydrogens (tertiary/aromatic N) is 8. The summed E-state index contributed by atoms with van der Waals surface area (Å²) in [5, 5.41) is 2.98. The Morgan fingerprint density at radius 1 is 1.12 bits per heavy atom. The molecule has 174 valence electrons. The highest BCUT2D eigenvalue weighted by molar-refractivity contribution is 7.16. The second kappa shape index (κ2) is 8.94. The molecule has 0 spiro atoms. The number of nitrogens with one attached hydrogen (secondary N) is 1. The van der Waals surface area contributed by atoms with E-state index in [1.54, 1.807) is 11.7 Å². The van der Waals surface area contributed by atoms with E-state index >= 15 is 0 Å². The zero-order valence-corrected chi connectivity index (χ0v) is 19.6. The summed E-state index contributed by atoms with van der Waals surface area (Å²) in [6, 6.07) is 3.82. The topological polar surface area (TPSA) is 120 Å². The molecule has 2 fully saturated rings. The second-order valence-electron chi connectivity index (χ2n) is 8.53. The summed E-state index contributed by atoms with van der Waals surface area (Å²) in [4.78, 5) is 39.9. The summed E-state index contributed by atoms with van der Waals surface area (Å²) in [5.41, 5.74) is 9.11. The van der Waals surface area contributed by atoms with Crippen LogP contribution in [-0.4, -0.2) is 94.7 Å². The molecule has 2 aliphatic rings. The number of piperazine rings is 2. The van der Waals surface area contributed by atoms with Crippen molar-refractivity contribution in [2.75, 3.05) is 73.7 Å². The van der Waals surface area contributed by atoms with Crippen molar-refractivity contribution in [3.8, 4) is 0 Å². The van der Waals surface area contributed by atoms with Gasteiger partial charge in [-0.2, -0.15) is 4.98 Å². The van der Waals surface area contributed by atoms with Crippen molar-refractivity contribution in [2.45, 2.75) is 13.0 Å². The standard InChI is InChI=1S/C21H28N10OS/c1-14-12-30(9-10-31(14)18-17-19(33-13-24-17)27-20(22)26-18)21(32)25-15-3-4-16(23-11-15)29-7-5-28(2)6-8-29/h3-4,11,13-14H,5-10,12H2,1-2H3,(H,25,32)(H2,22,26,27). The third-order valence-electron chi connectivity index (χ3n) is 6.21. The third kappa shape index (κ3) is 4.48. The summed E-state index contributed by atoms with van der Waals surface area (Å²) in [5.74, 6) is 1.91. The molecule has 5 rings (SSSR count). The fraction of sp³-hybridized carbons (Fsp3) is 0.476. The Morgan fingerprint density at radius 2 is 1.94 bits per heavy atom. The molecular weight excluding hydrogens is 440 g/mol. The zero-order chi connectivity index (χ0) is 22.9. The minimum absolute atomic E-state index is 0.0569. The number of urea groups is 1. The first-order valence-electron chi connectivity index (χ1n) is 11.1. The first kappa shape index (κ1) is 21.6. The molecule has 2 saturated heterocycles. The second-order valence-corrected chi connectivity index (χ2v) is 9.36. The average Bonchev–Trinajstić information content (AvgIpc) is 3.28. The van der Waals surface area contributed by atoms with E-state index in [1.807, 2.05) is 17.0 Å². The normalized spacial score (nSPS) is 19.8. The predicted octanol–water partition coefficient (Wildman–Crippen LogP) is 1.56. The van der Waals surface area contributed by atoms with Crippen molar-refractivity contribution >= 4 is 51.0 Å². The van der Waals surface area contributed by atoms with Crippen LogP contribution in [0, 0.1) is 0 Å².